The third-order valence-electron chi connectivity index (χ3n) is 7.30. The summed E-state index contributed by atoms with van der Waals surface area (Å²) in [6.45, 7) is 6.26. The molecule has 0 aliphatic carbocycles. The molecule has 2 aromatic rings. The van der Waals surface area contributed by atoms with E-state index in [0.29, 0.717) is 77.3 Å². The van der Waals surface area contributed by atoms with E-state index in [2.05, 4.69) is 10.2 Å². The molecule has 2 aliphatic rings. The molecule has 2 fully saturated rings. The molecule has 0 unspecified atom stereocenters. The average molecular weight is 579 g/mol. The van der Waals surface area contributed by atoms with Gasteiger partial charge in [-0.15, -0.1) is 0 Å². The van der Waals surface area contributed by atoms with E-state index in [-0.39, 0.29) is 37.2 Å². The van der Waals surface area contributed by atoms with Crippen LogP contribution in [-0.2, 0) is 0 Å². The topological polar surface area (TPSA) is 118 Å². The minimum Gasteiger partial charge on any atom is -0.512 e. The van der Waals surface area contributed by atoms with Crippen molar-refractivity contribution in [1.82, 2.24) is 20.2 Å². The zero-order chi connectivity index (χ0) is 29.2. The molecular formula is C28H37ClF2N6O3. The van der Waals surface area contributed by atoms with Crippen LogP contribution in [0, 0.1) is 12.3 Å². The number of halogens is 3. The quantitative estimate of drug-likeness (QED) is 0.243. The van der Waals surface area contributed by atoms with E-state index in [1.165, 1.54) is 6.92 Å². The van der Waals surface area contributed by atoms with Crippen molar-refractivity contribution < 1.29 is 23.7 Å². The minimum absolute atomic E-state index is 0.0367. The van der Waals surface area contributed by atoms with Gasteiger partial charge in [-0.1, -0.05) is 11.6 Å². The van der Waals surface area contributed by atoms with E-state index in [0.717, 1.165) is 0 Å². The molecule has 218 valence electrons. The maximum Gasteiger partial charge on any atom is 0.272 e. The number of nitrogens with one attached hydrogen (secondary N) is 2. The zero-order valence-corrected chi connectivity index (χ0v) is 24.0. The Bertz CT molecular complexity index is 1270. The van der Waals surface area contributed by atoms with Crippen molar-refractivity contribution >= 4 is 28.7 Å². The molecule has 4 rings (SSSR count). The molecule has 0 radical (unpaired) electrons. The molecule has 0 saturated carbocycles. The summed E-state index contributed by atoms with van der Waals surface area (Å²) in [4.78, 5) is 13.6. The van der Waals surface area contributed by atoms with Gasteiger partial charge >= 0.3 is 0 Å². The van der Waals surface area contributed by atoms with Crippen LogP contribution in [0.1, 0.15) is 37.9 Å². The number of ether oxygens (including phenoxy) is 1. The number of likely N-dealkylation sites (N-methyl/N-ethyl adjacent to an activating group) is 1. The van der Waals surface area contributed by atoms with Crippen molar-refractivity contribution in [2.45, 2.75) is 51.7 Å². The average Bonchev–Trinajstić information content (AvgIpc) is 2.88. The second-order valence-electron chi connectivity index (χ2n) is 10.6. The first kappa shape index (κ1) is 30.1. The van der Waals surface area contributed by atoms with Crippen LogP contribution in [0.2, 0.25) is 5.02 Å². The number of likely N-dealkylation sites (tertiary alicyclic amines) is 1. The van der Waals surface area contributed by atoms with Crippen LogP contribution in [0.5, 0.6) is 5.75 Å². The number of anilines is 1. The Hall–Kier alpha value is -2.86. The molecule has 1 atom stereocenters. The number of piperidine rings is 1. The van der Waals surface area contributed by atoms with Gasteiger partial charge in [0.05, 0.1) is 29.4 Å². The number of alkyl halides is 2. The molecule has 4 N–H and O–H groups in total. The summed E-state index contributed by atoms with van der Waals surface area (Å²) >= 11 is 6.60. The van der Waals surface area contributed by atoms with Crippen molar-refractivity contribution in [3.8, 4) is 17.1 Å². The van der Waals surface area contributed by atoms with Crippen molar-refractivity contribution in [3.63, 3.8) is 0 Å². The number of rotatable bonds is 10. The van der Waals surface area contributed by atoms with Crippen LogP contribution < -0.4 is 15.0 Å². The van der Waals surface area contributed by atoms with E-state index in [4.69, 9.17) is 31.7 Å². The highest BCUT2D eigenvalue weighted by molar-refractivity contribution is 6.33. The van der Waals surface area contributed by atoms with Gasteiger partial charge in [-0.25, -0.2) is 18.7 Å². The number of hydrogen-bond donors (Lipinski definition) is 4. The smallest absolute Gasteiger partial charge is 0.272 e. The molecule has 1 aromatic carbocycles. The first-order valence-corrected chi connectivity index (χ1v) is 13.7. The highest BCUT2D eigenvalue weighted by Crippen LogP contribution is 2.37. The number of hydrogen-bond acceptors (Lipinski definition) is 9. The normalized spacial score (nSPS) is 19.1. The maximum absolute atomic E-state index is 13.4. The van der Waals surface area contributed by atoms with E-state index in [1.54, 1.807) is 32.2 Å². The third-order valence-corrected chi connectivity index (χ3v) is 7.63. The van der Waals surface area contributed by atoms with Crippen molar-refractivity contribution in [2.75, 3.05) is 51.3 Å². The highest BCUT2D eigenvalue weighted by atomic mass is 35.5. The fourth-order valence-corrected chi connectivity index (χ4v) is 5.50. The maximum atomic E-state index is 13.4. The van der Waals surface area contributed by atoms with Crippen molar-refractivity contribution in [2.24, 2.45) is 0 Å². The Morgan fingerprint density at radius 1 is 1.25 bits per heavy atom. The second-order valence-corrected chi connectivity index (χ2v) is 11.0. The molecule has 40 heavy (non-hydrogen) atoms. The van der Waals surface area contributed by atoms with E-state index in [9.17, 15) is 19.0 Å². The second kappa shape index (κ2) is 12.3. The predicted octanol–water partition coefficient (Wildman–Crippen LogP) is 4.31. The zero-order valence-electron chi connectivity index (χ0n) is 23.3. The molecule has 3 heterocycles. The first-order chi connectivity index (χ1) is 18.9. The first-order valence-electron chi connectivity index (χ1n) is 13.4. The Morgan fingerprint density at radius 3 is 2.50 bits per heavy atom. The molecule has 1 aromatic heterocycles. The standard InChI is InChI=1S/C28H37ClF2N6O3/c1-16-25(24(17(2)32)18(3)38)34-26(22-11-21(5-6-23(22)29)40-13-20(39)12-33-4)35-27(16)36-9-7-19(8-10-36)37-14-28(30,31)15-37/h5-6,11,19-20,32-33,38-39H,7-10,12-15H2,1-4H3/b24-18+,32-17?/t20-/m1/s1. The van der Waals surface area contributed by atoms with Gasteiger partial charge in [0.2, 0.25) is 0 Å². The van der Waals surface area contributed by atoms with Crippen LogP contribution in [0.3, 0.4) is 0 Å². The third kappa shape index (κ3) is 6.71. The van der Waals surface area contributed by atoms with Crippen LogP contribution in [0.4, 0.5) is 14.6 Å². The van der Waals surface area contributed by atoms with Crippen molar-refractivity contribution in [1.29, 1.82) is 5.41 Å². The largest absolute Gasteiger partial charge is 0.512 e. The number of nitrogens with zero attached hydrogens (tertiary/aromatic N) is 4. The summed E-state index contributed by atoms with van der Waals surface area (Å²) in [6.07, 6.45) is 0.738. The summed E-state index contributed by atoms with van der Waals surface area (Å²) in [5.41, 5.74) is 2.08. The lowest BCUT2D eigenvalue weighted by atomic mass is 9.97. The number of aliphatic hydroxyl groups excluding tert-OH is 2. The molecular weight excluding hydrogens is 542 g/mol. The lowest BCUT2D eigenvalue weighted by Crippen LogP contribution is -2.61. The lowest BCUT2D eigenvalue weighted by molar-refractivity contribution is -0.148. The fourth-order valence-electron chi connectivity index (χ4n) is 5.30. The fraction of sp³-hybridized carbons (Fsp3) is 0.536. The molecule has 2 saturated heterocycles. The highest BCUT2D eigenvalue weighted by Gasteiger charge is 2.47. The van der Waals surface area contributed by atoms with Crippen molar-refractivity contribution in [3.05, 3.63) is 40.2 Å². The SMILES string of the molecule is CNC[C@@H](O)COc1ccc(Cl)c(-c2nc(/C(C(C)=N)=C(\C)O)c(C)c(N3CCC(N4CC(F)(F)C4)CC3)n2)c1. The van der Waals surface area contributed by atoms with Crippen LogP contribution in [0.15, 0.2) is 24.0 Å². The summed E-state index contributed by atoms with van der Waals surface area (Å²) in [5, 5.41) is 32.1. The predicted molar refractivity (Wildman–Crippen MR) is 153 cm³/mol. The molecule has 0 spiro atoms. The van der Waals surface area contributed by atoms with Gasteiger partial charge in [0.1, 0.15) is 30.0 Å². The summed E-state index contributed by atoms with van der Waals surface area (Å²) < 4.78 is 32.6. The van der Waals surface area contributed by atoms with Gasteiger partial charge in [-0.3, -0.25) is 4.90 Å². The Labute approximate surface area is 238 Å². The molecule has 0 bridgehead atoms. The number of benzene rings is 1. The van der Waals surface area contributed by atoms with Gasteiger partial charge in [0, 0.05) is 42.5 Å². The van der Waals surface area contributed by atoms with Gasteiger partial charge < -0.3 is 30.6 Å². The Morgan fingerprint density at radius 2 is 1.93 bits per heavy atom. The Balaban J connectivity index is 1.70. The lowest BCUT2D eigenvalue weighted by Gasteiger charge is -2.47. The van der Waals surface area contributed by atoms with Gasteiger partial charge in [-0.05, 0) is 58.9 Å². The van der Waals surface area contributed by atoms with Crippen LogP contribution in [0.25, 0.3) is 17.0 Å². The molecule has 0 amide bonds. The van der Waals surface area contributed by atoms with Gasteiger partial charge in [0.15, 0.2) is 5.82 Å². The molecule has 12 heteroatoms. The van der Waals surface area contributed by atoms with Gasteiger partial charge in [-0.2, -0.15) is 0 Å². The number of allylic oxidation sites excluding steroid dienone is 2. The monoisotopic (exact) mass is 578 g/mol. The molecule has 9 nitrogen and oxygen atoms in total. The summed E-state index contributed by atoms with van der Waals surface area (Å²) in [5.74, 6) is -1.22. The Kier molecular flexibility index (Phi) is 9.29. The molecule has 2 aliphatic heterocycles. The van der Waals surface area contributed by atoms with E-state index < -0.39 is 12.0 Å². The van der Waals surface area contributed by atoms with Gasteiger partial charge in [0.25, 0.3) is 5.92 Å². The van der Waals surface area contributed by atoms with Crippen LogP contribution >= 0.6 is 11.6 Å². The number of aliphatic hydroxyl groups is 2. The minimum atomic E-state index is -2.60. The number of aromatic nitrogens is 2. The summed E-state index contributed by atoms with van der Waals surface area (Å²) in [7, 11) is 1.74. The summed E-state index contributed by atoms with van der Waals surface area (Å²) in [6, 6.07) is 5.17. The van der Waals surface area contributed by atoms with Crippen LogP contribution in [-0.4, -0.2) is 95.2 Å². The van der Waals surface area contributed by atoms with E-state index >= 15 is 0 Å². The van der Waals surface area contributed by atoms with E-state index in [1.807, 2.05) is 11.8 Å².